The van der Waals surface area contributed by atoms with Crippen LogP contribution in [-0.2, 0) is 18.9 Å². The maximum atomic E-state index is 12.4. The molecule has 2 saturated heterocycles. The molecule has 0 aliphatic carbocycles. The molecular weight excluding hydrogens is 344 g/mol. The molecular formula is C22H32O5. The van der Waals surface area contributed by atoms with Crippen molar-refractivity contribution in [1.82, 2.24) is 0 Å². The first-order valence-electron chi connectivity index (χ1n) is 10.3. The van der Waals surface area contributed by atoms with Crippen molar-refractivity contribution in [2.24, 2.45) is 0 Å². The van der Waals surface area contributed by atoms with Crippen molar-refractivity contribution in [1.29, 1.82) is 0 Å². The monoisotopic (exact) mass is 376 g/mol. The molecule has 3 rings (SSSR count). The zero-order valence-electron chi connectivity index (χ0n) is 16.5. The molecule has 0 unspecified atom stereocenters. The van der Waals surface area contributed by atoms with Crippen molar-refractivity contribution in [2.75, 3.05) is 19.8 Å². The van der Waals surface area contributed by atoms with Crippen LogP contribution in [-0.4, -0.2) is 49.7 Å². The van der Waals surface area contributed by atoms with Crippen LogP contribution < -0.4 is 0 Å². The van der Waals surface area contributed by atoms with E-state index in [-0.39, 0.29) is 24.3 Å². The normalized spacial score (nSPS) is 29.6. The molecule has 2 fully saturated rings. The smallest absolute Gasteiger partial charge is 0.338 e. The van der Waals surface area contributed by atoms with Crippen LogP contribution in [0.5, 0.6) is 0 Å². The summed E-state index contributed by atoms with van der Waals surface area (Å²) in [4.78, 5) is 12.4. The van der Waals surface area contributed by atoms with Gasteiger partial charge in [0.25, 0.3) is 0 Å². The second-order valence-electron chi connectivity index (χ2n) is 7.52. The van der Waals surface area contributed by atoms with Gasteiger partial charge in [0.1, 0.15) is 17.8 Å². The fraction of sp³-hybridized carbons (Fsp3) is 0.682. The minimum absolute atomic E-state index is 0.174. The minimum Gasteiger partial charge on any atom is -0.453 e. The third kappa shape index (κ3) is 4.71. The van der Waals surface area contributed by atoms with Gasteiger partial charge < -0.3 is 18.9 Å². The molecule has 4 atom stereocenters. The van der Waals surface area contributed by atoms with Gasteiger partial charge in [-0.1, -0.05) is 57.7 Å². The molecule has 2 aliphatic heterocycles. The van der Waals surface area contributed by atoms with E-state index in [1.807, 2.05) is 18.2 Å². The summed E-state index contributed by atoms with van der Waals surface area (Å²) < 4.78 is 24.0. The fourth-order valence-corrected chi connectivity index (χ4v) is 3.94. The summed E-state index contributed by atoms with van der Waals surface area (Å²) in [6, 6.07) is 9.03. The molecule has 150 valence electrons. The van der Waals surface area contributed by atoms with E-state index in [1.54, 1.807) is 12.1 Å². The summed E-state index contributed by atoms with van der Waals surface area (Å²) in [5, 5.41) is 0. The van der Waals surface area contributed by atoms with E-state index < -0.39 is 5.60 Å². The van der Waals surface area contributed by atoms with Crippen LogP contribution in [0.15, 0.2) is 30.3 Å². The largest absolute Gasteiger partial charge is 0.453 e. The Kier molecular flexibility index (Phi) is 7.27. The van der Waals surface area contributed by atoms with Crippen molar-refractivity contribution >= 4 is 5.97 Å². The first-order chi connectivity index (χ1) is 13.2. The van der Waals surface area contributed by atoms with Crippen LogP contribution in [0.1, 0.15) is 62.7 Å². The molecule has 0 spiro atoms. The lowest BCUT2D eigenvalue weighted by Crippen LogP contribution is -2.46. The van der Waals surface area contributed by atoms with Crippen molar-refractivity contribution < 1.29 is 23.7 Å². The van der Waals surface area contributed by atoms with Crippen LogP contribution in [0, 0.1) is 0 Å². The summed E-state index contributed by atoms with van der Waals surface area (Å²) in [7, 11) is 0. The SMILES string of the molecule is CCCCCCCO[C@]1(CC)CO[C@@H]2[C@@H](OC(=O)c3ccccc3)CO[C@@H]21. The van der Waals surface area contributed by atoms with Crippen LogP contribution in [0.2, 0.25) is 0 Å². The predicted octanol–water partition coefficient (Wildman–Crippen LogP) is 4.15. The molecule has 1 aromatic carbocycles. The maximum Gasteiger partial charge on any atom is 0.338 e. The highest BCUT2D eigenvalue weighted by Crippen LogP contribution is 2.40. The van der Waals surface area contributed by atoms with Crippen LogP contribution in [0.4, 0.5) is 0 Å². The maximum absolute atomic E-state index is 12.4. The van der Waals surface area contributed by atoms with Crippen molar-refractivity contribution in [2.45, 2.75) is 76.3 Å². The van der Waals surface area contributed by atoms with Crippen LogP contribution >= 0.6 is 0 Å². The molecule has 2 aliphatic rings. The quantitative estimate of drug-likeness (QED) is 0.454. The van der Waals surface area contributed by atoms with E-state index in [9.17, 15) is 4.79 Å². The van der Waals surface area contributed by atoms with Crippen LogP contribution in [0.3, 0.4) is 0 Å². The first kappa shape index (κ1) is 20.3. The summed E-state index contributed by atoms with van der Waals surface area (Å²) in [6.07, 6.45) is 6.05. The van der Waals surface area contributed by atoms with Gasteiger partial charge in [0.2, 0.25) is 0 Å². The van der Waals surface area contributed by atoms with Crippen molar-refractivity contribution in [3.63, 3.8) is 0 Å². The van der Waals surface area contributed by atoms with Gasteiger partial charge in [-0.3, -0.25) is 0 Å². The molecule has 5 heteroatoms. The van der Waals surface area contributed by atoms with Gasteiger partial charge in [-0.2, -0.15) is 0 Å². The van der Waals surface area contributed by atoms with Gasteiger partial charge in [0.15, 0.2) is 6.10 Å². The summed E-state index contributed by atoms with van der Waals surface area (Å²) in [6.45, 7) is 5.90. The molecule has 2 heterocycles. The number of carbonyl (C=O) groups excluding carboxylic acids is 1. The first-order valence-corrected chi connectivity index (χ1v) is 10.3. The Labute approximate surface area is 162 Å². The molecule has 27 heavy (non-hydrogen) atoms. The standard InChI is InChI=1S/C22H32O5/c1-3-5-6-7-11-14-26-22(4-2)16-25-19-18(15-24-20(19)22)27-21(23)17-12-9-8-10-13-17/h8-10,12-13,18-20H,3-7,11,14-16H2,1-2H3/t18-,19+,20-,22+/m0/s1. The lowest BCUT2D eigenvalue weighted by atomic mass is 9.93. The Morgan fingerprint density at radius 1 is 1.11 bits per heavy atom. The van der Waals surface area contributed by atoms with E-state index in [2.05, 4.69) is 13.8 Å². The topological polar surface area (TPSA) is 54.0 Å². The number of esters is 1. The Hall–Kier alpha value is -1.43. The minimum atomic E-state index is -0.427. The van der Waals surface area contributed by atoms with Crippen LogP contribution in [0.25, 0.3) is 0 Å². The number of hydrogen-bond acceptors (Lipinski definition) is 5. The van der Waals surface area contributed by atoms with E-state index in [4.69, 9.17) is 18.9 Å². The van der Waals surface area contributed by atoms with Gasteiger partial charge in [0.05, 0.1) is 18.8 Å². The third-order valence-corrected chi connectivity index (χ3v) is 5.65. The average molecular weight is 376 g/mol. The highest BCUT2D eigenvalue weighted by Gasteiger charge is 2.57. The summed E-state index contributed by atoms with van der Waals surface area (Å²) in [5.41, 5.74) is 0.118. The molecule has 0 amide bonds. The van der Waals surface area contributed by atoms with Crippen molar-refractivity contribution in [3.8, 4) is 0 Å². The molecule has 0 N–H and O–H groups in total. The zero-order valence-corrected chi connectivity index (χ0v) is 16.5. The number of ether oxygens (including phenoxy) is 4. The van der Waals surface area contributed by atoms with Gasteiger partial charge in [0, 0.05) is 6.61 Å². The lowest BCUT2D eigenvalue weighted by Gasteiger charge is -2.31. The number of carbonyl (C=O) groups is 1. The Bertz CT molecular complexity index is 590. The predicted molar refractivity (Wildman–Crippen MR) is 103 cm³/mol. The van der Waals surface area contributed by atoms with Gasteiger partial charge in [-0.25, -0.2) is 4.79 Å². The van der Waals surface area contributed by atoms with E-state index in [1.165, 1.54) is 25.7 Å². The van der Waals surface area contributed by atoms with Gasteiger partial charge in [-0.15, -0.1) is 0 Å². The molecule has 5 nitrogen and oxygen atoms in total. The van der Waals surface area contributed by atoms with E-state index in [0.717, 1.165) is 19.4 Å². The lowest BCUT2D eigenvalue weighted by molar-refractivity contribution is -0.118. The Morgan fingerprint density at radius 2 is 1.89 bits per heavy atom. The van der Waals surface area contributed by atoms with E-state index >= 15 is 0 Å². The second-order valence-corrected chi connectivity index (χ2v) is 7.52. The second kappa shape index (κ2) is 9.67. The number of benzene rings is 1. The number of hydrogen-bond donors (Lipinski definition) is 0. The summed E-state index contributed by atoms with van der Waals surface area (Å²) >= 11 is 0. The van der Waals surface area contributed by atoms with Crippen molar-refractivity contribution in [3.05, 3.63) is 35.9 Å². The molecule has 0 aromatic heterocycles. The molecule has 0 bridgehead atoms. The highest BCUT2D eigenvalue weighted by molar-refractivity contribution is 5.89. The van der Waals surface area contributed by atoms with Gasteiger partial charge >= 0.3 is 5.97 Å². The van der Waals surface area contributed by atoms with E-state index in [0.29, 0.717) is 18.8 Å². The highest BCUT2D eigenvalue weighted by atomic mass is 16.7. The zero-order chi connectivity index (χ0) is 19.1. The molecule has 1 aromatic rings. The number of fused-ring (bicyclic) bond motifs is 1. The molecule has 0 saturated carbocycles. The average Bonchev–Trinajstić information content (AvgIpc) is 3.27. The van der Waals surface area contributed by atoms with Gasteiger partial charge in [-0.05, 0) is 25.0 Å². The Balaban J connectivity index is 1.52. The summed E-state index contributed by atoms with van der Waals surface area (Å²) in [5.74, 6) is -0.334. The fourth-order valence-electron chi connectivity index (χ4n) is 3.94. The number of unbranched alkanes of at least 4 members (excludes halogenated alkanes) is 4. The molecule has 0 radical (unpaired) electrons. The Morgan fingerprint density at radius 3 is 2.63 bits per heavy atom. The number of rotatable bonds is 10. The third-order valence-electron chi connectivity index (χ3n) is 5.65.